The van der Waals surface area contributed by atoms with Gasteiger partial charge in [-0.05, 0) is 37.5 Å². The first-order valence-electron chi connectivity index (χ1n) is 8.29. The van der Waals surface area contributed by atoms with Crippen LogP contribution < -0.4 is 4.74 Å². The van der Waals surface area contributed by atoms with E-state index in [0.717, 1.165) is 30.8 Å². The predicted molar refractivity (Wildman–Crippen MR) is 89.4 cm³/mol. The van der Waals surface area contributed by atoms with E-state index in [4.69, 9.17) is 4.74 Å². The van der Waals surface area contributed by atoms with Crippen LogP contribution in [-0.2, 0) is 9.59 Å². The second kappa shape index (κ2) is 8.56. The van der Waals surface area contributed by atoms with E-state index in [-0.39, 0.29) is 11.8 Å². The predicted octanol–water partition coefficient (Wildman–Crippen LogP) is 2.23. The van der Waals surface area contributed by atoms with E-state index in [9.17, 15) is 9.59 Å². The third kappa shape index (κ3) is 5.58. The highest BCUT2D eigenvalue weighted by molar-refractivity contribution is 5.76. The minimum atomic E-state index is 0.0888. The van der Waals surface area contributed by atoms with E-state index in [2.05, 4.69) is 0 Å². The van der Waals surface area contributed by atoms with Gasteiger partial charge in [0.15, 0.2) is 0 Å². The average Bonchev–Trinajstić information content (AvgIpc) is 2.77. The molecule has 1 fully saturated rings. The molecule has 1 aliphatic heterocycles. The molecule has 126 valence electrons. The van der Waals surface area contributed by atoms with Crippen LogP contribution in [0, 0.1) is 6.92 Å². The number of hydrogen-bond donors (Lipinski definition) is 0. The van der Waals surface area contributed by atoms with E-state index in [0.29, 0.717) is 32.5 Å². The maximum Gasteiger partial charge on any atom is 0.222 e. The number of carbonyl (C=O) groups excluding carboxylic acids is 2. The number of nitrogens with zero attached hydrogens (tertiary/aromatic N) is 2. The van der Waals surface area contributed by atoms with Crippen molar-refractivity contribution in [2.45, 2.75) is 33.1 Å². The van der Waals surface area contributed by atoms with Crippen LogP contribution >= 0.6 is 0 Å². The highest BCUT2D eigenvalue weighted by atomic mass is 16.5. The lowest BCUT2D eigenvalue weighted by atomic mass is 10.2. The van der Waals surface area contributed by atoms with Crippen LogP contribution in [0.3, 0.4) is 0 Å². The van der Waals surface area contributed by atoms with Gasteiger partial charge in [0.1, 0.15) is 5.75 Å². The van der Waals surface area contributed by atoms with Crippen molar-refractivity contribution in [1.29, 1.82) is 0 Å². The van der Waals surface area contributed by atoms with Gasteiger partial charge in [0.05, 0.1) is 6.61 Å². The van der Waals surface area contributed by atoms with Crippen molar-refractivity contribution < 1.29 is 14.3 Å². The zero-order valence-corrected chi connectivity index (χ0v) is 14.1. The van der Waals surface area contributed by atoms with Gasteiger partial charge in [-0.15, -0.1) is 0 Å². The van der Waals surface area contributed by atoms with E-state index >= 15 is 0 Å². The Bertz CT molecular complexity index is 545. The first-order valence-corrected chi connectivity index (χ1v) is 8.29. The third-order valence-electron chi connectivity index (χ3n) is 4.09. The average molecular weight is 318 g/mol. The molecule has 0 bridgehead atoms. The summed E-state index contributed by atoms with van der Waals surface area (Å²) in [6.07, 6.45) is 2.05. The van der Waals surface area contributed by atoms with Crippen LogP contribution in [0.5, 0.6) is 5.75 Å². The molecule has 5 nitrogen and oxygen atoms in total. The van der Waals surface area contributed by atoms with Gasteiger partial charge in [-0.1, -0.05) is 12.1 Å². The second-order valence-electron chi connectivity index (χ2n) is 6.01. The smallest absolute Gasteiger partial charge is 0.222 e. The van der Waals surface area contributed by atoms with Crippen LogP contribution in [0.2, 0.25) is 0 Å². The van der Waals surface area contributed by atoms with Crippen molar-refractivity contribution >= 4 is 11.8 Å². The first-order chi connectivity index (χ1) is 11.1. The number of benzene rings is 1. The van der Waals surface area contributed by atoms with Gasteiger partial charge in [-0.3, -0.25) is 9.59 Å². The lowest BCUT2D eigenvalue weighted by molar-refractivity contribution is -0.132. The Labute approximate surface area is 138 Å². The molecule has 0 saturated carbocycles. The van der Waals surface area contributed by atoms with Crippen LogP contribution in [0.15, 0.2) is 24.3 Å². The van der Waals surface area contributed by atoms with Gasteiger partial charge in [-0.2, -0.15) is 0 Å². The highest BCUT2D eigenvalue weighted by Crippen LogP contribution is 2.13. The zero-order valence-electron chi connectivity index (χ0n) is 14.1. The summed E-state index contributed by atoms with van der Waals surface area (Å²) < 4.78 is 5.67. The molecule has 1 heterocycles. The largest absolute Gasteiger partial charge is 0.494 e. The summed E-state index contributed by atoms with van der Waals surface area (Å²) in [5, 5.41) is 0. The number of carbonyl (C=O) groups is 2. The summed E-state index contributed by atoms with van der Waals surface area (Å²) in [6.45, 7) is 6.91. The molecule has 2 rings (SSSR count). The van der Waals surface area contributed by atoms with Crippen molar-refractivity contribution in [1.82, 2.24) is 9.80 Å². The van der Waals surface area contributed by atoms with E-state index in [1.165, 1.54) is 0 Å². The molecule has 0 aromatic heterocycles. The van der Waals surface area contributed by atoms with Gasteiger partial charge in [0, 0.05) is 39.5 Å². The van der Waals surface area contributed by atoms with Gasteiger partial charge < -0.3 is 14.5 Å². The molecule has 0 spiro atoms. The minimum absolute atomic E-state index is 0.0888. The number of hydrogen-bond acceptors (Lipinski definition) is 3. The molecule has 0 N–H and O–H groups in total. The quantitative estimate of drug-likeness (QED) is 0.782. The number of aryl methyl sites for hydroxylation is 1. The van der Waals surface area contributed by atoms with Gasteiger partial charge >= 0.3 is 0 Å². The number of ether oxygens (including phenoxy) is 1. The molecule has 0 atom stereocenters. The summed E-state index contributed by atoms with van der Waals surface area (Å²) >= 11 is 0. The Morgan fingerprint density at radius 3 is 2.61 bits per heavy atom. The Hall–Kier alpha value is -2.04. The number of amides is 2. The standard InChI is InChI=1S/C18H26N2O3/c1-15-6-3-7-17(14-15)23-13-4-8-18(22)20-10-5-9-19(11-12-20)16(2)21/h3,6-7,14H,4-5,8-13H2,1-2H3. The van der Waals surface area contributed by atoms with Crippen molar-refractivity contribution in [2.75, 3.05) is 32.8 Å². The first kappa shape index (κ1) is 17.3. The van der Waals surface area contributed by atoms with Gasteiger partial charge in [0.2, 0.25) is 11.8 Å². The fourth-order valence-electron chi connectivity index (χ4n) is 2.76. The SMILES string of the molecule is CC(=O)N1CCCN(C(=O)CCCOc2cccc(C)c2)CC1. The van der Waals surface area contributed by atoms with Crippen molar-refractivity contribution in [3.8, 4) is 5.75 Å². The maximum atomic E-state index is 12.3. The van der Waals surface area contributed by atoms with Crippen molar-refractivity contribution in [3.63, 3.8) is 0 Å². The Kier molecular flexibility index (Phi) is 6.44. The van der Waals surface area contributed by atoms with Crippen molar-refractivity contribution in [2.24, 2.45) is 0 Å². The fraction of sp³-hybridized carbons (Fsp3) is 0.556. The summed E-state index contributed by atoms with van der Waals surface area (Å²) in [7, 11) is 0. The van der Waals surface area contributed by atoms with Gasteiger partial charge in [0.25, 0.3) is 0 Å². The molecular formula is C18H26N2O3. The molecule has 1 aliphatic rings. The van der Waals surface area contributed by atoms with E-state index in [1.54, 1.807) is 6.92 Å². The molecule has 2 amide bonds. The zero-order chi connectivity index (χ0) is 16.7. The number of rotatable bonds is 5. The van der Waals surface area contributed by atoms with Crippen LogP contribution in [0.1, 0.15) is 31.7 Å². The molecule has 1 aromatic carbocycles. The molecule has 5 heteroatoms. The summed E-state index contributed by atoms with van der Waals surface area (Å²) in [5.74, 6) is 1.10. The molecule has 0 radical (unpaired) electrons. The van der Waals surface area contributed by atoms with E-state index in [1.807, 2.05) is 41.0 Å². The van der Waals surface area contributed by atoms with Crippen molar-refractivity contribution in [3.05, 3.63) is 29.8 Å². The molecule has 1 saturated heterocycles. The Balaban J connectivity index is 1.69. The Morgan fingerprint density at radius 1 is 1.13 bits per heavy atom. The maximum absolute atomic E-state index is 12.3. The third-order valence-corrected chi connectivity index (χ3v) is 4.09. The lowest BCUT2D eigenvalue weighted by Crippen LogP contribution is -2.36. The fourth-order valence-corrected chi connectivity index (χ4v) is 2.76. The molecule has 0 aliphatic carbocycles. The minimum Gasteiger partial charge on any atom is -0.494 e. The second-order valence-corrected chi connectivity index (χ2v) is 6.01. The summed E-state index contributed by atoms with van der Waals surface area (Å²) in [6, 6.07) is 7.92. The normalized spacial score (nSPS) is 15.2. The van der Waals surface area contributed by atoms with Gasteiger partial charge in [-0.25, -0.2) is 0 Å². The van der Waals surface area contributed by atoms with Crippen LogP contribution in [0.25, 0.3) is 0 Å². The van der Waals surface area contributed by atoms with E-state index < -0.39 is 0 Å². The summed E-state index contributed by atoms with van der Waals surface area (Å²) in [4.78, 5) is 27.3. The molecule has 23 heavy (non-hydrogen) atoms. The highest BCUT2D eigenvalue weighted by Gasteiger charge is 2.19. The van der Waals surface area contributed by atoms with Crippen LogP contribution in [0.4, 0.5) is 0 Å². The molecule has 1 aromatic rings. The van der Waals surface area contributed by atoms with Crippen LogP contribution in [-0.4, -0.2) is 54.4 Å². The lowest BCUT2D eigenvalue weighted by Gasteiger charge is -2.21. The topological polar surface area (TPSA) is 49.9 Å². The Morgan fingerprint density at radius 2 is 1.87 bits per heavy atom. The molecular weight excluding hydrogens is 292 g/mol. The monoisotopic (exact) mass is 318 g/mol. The molecule has 0 unspecified atom stereocenters. The summed E-state index contributed by atoms with van der Waals surface area (Å²) in [5.41, 5.74) is 1.16.